The predicted octanol–water partition coefficient (Wildman–Crippen LogP) is 2.27. The van der Waals surface area contributed by atoms with Crippen molar-refractivity contribution in [3.8, 4) is 6.01 Å². The summed E-state index contributed by atoms with van der Waals surface area (Å²) >= 11 is 0. The van der Waals surface area contributed by atoms with Crippen LogP contribution in [-0.4, -0.2) is 46.3 Å². The van der Waals surface area contributed by atoms with Crippen LogP contribution in [-0.2, 0) is 0 Å². The molecule has 5 rings (SSSR count). The van der Waals surface area contributed by atoms with Gasteiger partial charge in [0, 0.05) is 19.5 Å². The Balaban J connectivity index is 1.41. The van der Waals surface area contributed by atoms with E-state index >= 15 is 0 Å². The van der Waals surface area contributed by atoms with E-state index in [9.17, 15) is 9.18 Å². The van der Waals surface area contributed by atoms with Gasteiger partial charge in [-0.25, -0.2) is 4.39 Å². The molecule has 0 unspecified atom stereocenters. The zero-order valence-corrected chi connectivity index (χ0v) is 13.4. The first kappa shape index (κ1) is 14.4. The van der Waals surface area contributed by atoms with Gasteiger partial charge in [-0.05, 0) is 36.8 Å². The van der Waals surface area contributed by atoms with Gasteiger partial charge in [0.05, 0.1) is 16.4 Å². The Morgan fingerprint density at radius 3 is 3.04 bits per heavy atom. The number of hydrogen-bond acceptors (Lipinski definition) is 4. The monoisotopic (exact) mass is 329 g/mol. The quantitative estimate of drug-likeness (QED) is 0.938. The van der Waals surface area contributed by atoms with E-state index in [1.54, 1.807) is 12.1 Å². The smallest absolute Gasteiger partial charge is 0.297 e. The van der Waals surface area contributed by atoms with Gasteiger partial charge in [-0.3, -0.25) is 14.7 Å². The molecule has 2 aromatic rings. The molecule has 1 aromatic heterocycles. The summed E-state index contributed by atoms with van der Waals surface area (Å²) in [6, 6.07) is 7.42. The lowest BCUT2D eigenvalue weighted by atomic mass is 9.89. The number of nitrogens with one attached hydrogen (secondary N) is 1. The molecule has 2 aliphatic heterocycles. The minimum absolute atomic E-state index is 0.204. The second-order valence-corrected chi connectivity index (χ2v) is 7.76. The highest BCUT2D eigenvalue weighted by Gasteiger charge is 2.62. The lowest BCUT2D eigenvalue weighted by Crippen LogP contribution is -2.43. The molecule has 24 heavy (non-hydrogen) atoms. The number of halogens is 1. The molecule has 6 heteroatoms. The van der Waals surface area contributed by atoms with Crippen LogP contribution in [0, 0.1) is 5.41 Å². The number of H-pyrrole nitrogens is 1. The van der Waals surface area contributed by atoms with Gasteiger partial charge in [0.15, 0.2) is 0 Å². The first-order valence-electron chi connectivity index (χ1n) is 8.59. The van der Waals surface area contributed by atoms with Crippen molar-refractivity contribution in [2.75, 3.05) is 19.7 Å². The van der Waals surface area contributed by atoms with E-state index in [0.29, 0.717) is 35.9 Å². The van der Waals surface area contributed by atoms with Crippen molar-refractivity contribution in [2.45, 2.75) is 37.4 Å². The Bertz CT molecular complexity index is 863. The van der Waals surface area contributed by atoms with E-state index in [4.69, 9.17) is 4.74 Å². The third-order valence-corrected chi connectivity index (χ3v) is 5.95. The number of nitrogens with zero attached hydrogens (tertiary/aromatic N) is 2. The zero-order chi connectivity index (χ0) is 16.4. The zero-order valence-electron chi connectivity index (χ0n) is 13.4. The van der Waals surface area contributed by atoms with Gasteiger partial charge >= 0.3 is 0 Å². The second-order valence-electron chi connectivity index (χ2n) is 7.76. The highest BCUT2D eigenvalue weighted by atomic mass is 19.1. The summed E-state index contributed by atoms with van der Waals surface area (Å²) in [5.74, 6) is 0. The number of ether oxygens (including phenoxy) is 1. The highest BCUT2D eigenvalue weighted by molar-refractivity contribution is 5.77. The third-order valence-electron chi connectivity index (χ3n) is 5.95. The number of alkyl halides is 1. The van der Waals surface area contributed by atoms with Gasteiger partial charge in [0.1, 0.15) is 12.8 Å². The molecule has 126 valence electrons. The molecular weight excluding hydrogens is 309 g/mol. The first-order valence-corrected chi connectivity index (χ1v) is 8.59. The Morgan fingerprint density at radius 2 is 2.21 bits per heavy atom. The number of hydrogen-bond donors (Lipinski definition) is 1. The first-order chi connectivity index (χ1) is 11.6. The van der Waals surface area contributed by atoms with Crippen LogP contribution in [0.5, 0.6) is 6.01 Å². The number of rotatable bonds is 3. The summed E-state index contributed by atoms with van der Waals surface area (Å²) in [5, 5.41) is 0.548. The van der Waals surface area contributed by atoms with Crippen LogP contribution in [0.15, 0.2) is 29.1 Å². The summed E-state index contributed by atoms with van der Waals surface area (Å²) in [7, 11) is 0. The molecule has 1 aromatic carbocycles. The second kappa shape index (κ2) is 4.79. The molecule has 1 N–H and O–H groups in total. The predicted molar refractivity (Wildman–Crippen MR) is 88.0 cm³/mol. The maximum absolute atomic E-state index is 14.0. The minimum atomic E-state index is -0.784. The van der Waals surface area contributed by atoms with Gasteiger partial charge in [-0.15, -0.1) is 0 Å². The molecule has 3 fully saturated rings. The molecule has 1 spiro atoms. The number of aromatic nitrogens is 2. The van der Waals surface area contributed by atoms with E-state index in [0.717, 1.165) is 13.0 Å². The number of fused-ring (bicyclic) bond motifs is 2. The molecule has 3 aliphatic rings. The normalized spacial score (nSPS) is 30.8. The summed E-state index contributed by atoms with van der Waals surface area (Å²) in [6.07, 6.45) is 3.22. The van der Waals surface area contributed by atoms with Crippen LogP contribution in [0.2, 0.25) is 0 Å². The molecule has 3 heterocycles. The van der Waals surface area contributed by atoms with Crippen molar-refractivity contribution in [3.63, 3.8) is 0 Å². The molecule has 0 bridgehead atoms. The lowest BCUT2D eigenvalue weighted by molar-refractivity contribution is 0.107. The average molecular weight is 329 g/mol. The van der Waals surface area contributed by atoms with E-state index in [2.05, 4.69) is 14.9 Å². The largest absolute Gasteiger partial charge is 0.463 e. The number of benzene rings is 1. The van der Waals surface area contributed by atoms with Crippen LogP contribution >= 0.6 is 0 Å². The maximum atomic E-state index is 14.0. The average Bonchev–Trinajstić information content (AvgIpc) is 3.14. The summed E-state index contributed by atoms with van der Waals surface area (Å²) in [4.78, 5) is 21.5. The van der Waals surface area contributed by atoms with Crippen LogP contribution < -0.4 is 10.3 Å². The van der Waals surface area contributed by atoms with Gasteiger partial charge in [0.2, 0.25) is 0 Å². The fourth-order valence-electron chi connectivity index (χ4n) is 4.66. The van der Waals surface area contributed by atoms with Crippen molar-refractivity contribution in [1.29, 1.82) is 0 Å². The van der Waals surface area contributed by atoms with Crippen LogP contribution in [0.1, 0.15) is 25.7 Å². The molecule has 0 radical (unpaired) electrons. The third kappa shape index (κ3) is 2.16. The molecule has 0 amide bonds. The molecule has 2 atom stereocenters. The van der Waals surface area contributed by atoms with E-state index < -0.39 is 6.17 Å². The van der Waals surface area contributed by atoms with E-state index in [1.165, 1.54) is 12.8 Å². The van der Waals surface area contributed by atoms with E-state index in [-0.39, 0.29) is 17.1 Å². The Kier molecular flexibility index (Phi) is 2.87. The van der Waals surface area contributed by atoms with Crippen molar-refractivity contribution in [1.82, 2.24) is 14.9 Å². The van der Waals surface area contributed by atoms with Crippen molar-refractivity contribution >= 4 is 10.9 Å². The van der Waals surface area contributed by atoms with Gasteiger partial charge in [0.25, 0.3) is 11.6 Å². The Hall–Kier alpha value is -1.95. The molecule has 2 saturated heterocycles. The summed E-state index contributed by atoms with van der Waals surface area (Å²) in [5.41, 5.74) is 0.573. The Morgan fingerprint density at radius 1 is 1.38 bits per heavy atom. The molecular formula is C18H20FN3O2. The molecule has 1 saturated carbocycles. The van der Waals surface area contributed by atoms with Crippen LogP contribution in [0.3, 0.4) is 0 Å². The van der Waals surface area contributed by atoms with Gasteiger partial charge in [-0.2, -0.15) is 4.98 Å². The summed E-state index contributed by atoms with van der Waals surface area (Å²) in [6.45, 7) is 1.88. The molecule has 1 aliphatic carbocycles. The minimum Gasteiger partial charge on any atom is -0.463 e. The van der Waals surface area contributed by atoms with Crippen molar-refractivity contribution in [2.24, 2.45) is 5.41 Å². The van der Waals surface area contributed by atoms with Gasteiger partial charge < -0.3 is 4.74 Å². The number of aromatic amines is 1. The summed E-state index contributed by atoms with van der Waals surface area (Å²) < 4.78 is 19.9. The lowest BCUT2D eigenvalue weighted by Gasteiger charge is -2.30. The standard InChI is InChI=1S/C18H20FN3O2/c19-12-7-18(9-17(5-6-17)10-22(18)8-12)11-24-16-20-14-4-2-1-3-13(14)15(23)21-16/h1-4,12H,5-11H2,(H,20,21,23)/t12-,18+/m1/s1. The number of para-hydroxylation sites is 1. The van der Waals surface area contributed by atoms with Gasteiger partial charge in [-0.1, -0.05) is 12.1 Å². The van der Waals surface area contributed by atoms with Crippen LogP contribution in [0.4, 0.5) is 4.39 Å². The fourth-order valence-corrected chi connectivity index (χ4v) is 4.66. The Labute approximate surface area is 138 Å². The topological polar surface area (TPSA) is 58.2 Å². The maximum Gasteiger partial charge on any atom is 0.297 e. The van der Waals surface area contributed by atoms with Crippen molar-refractivity contribution < 1.29 is 9.13 Å². The van der Waals surface area contributed by atoms with Crippen molar-refractivity contribution in [3.05, 3.63) is 34.6 Å². The molecule has 5 nitrogen and oxygen atoms in total. The van der Waals surface area contributed by atoms with Crippen LogP contribution in [0.25, 0.3) is 10.9 Å². The van der Waals surface area contributed by atoms with E-state index in [1.807, 2.05) is 12.1 Å². The SMILES string of the molecule is O=c1[nH]c(OC[C@@]23C[C@@H](F)CN2CC2(CC2)C3)nc2ccccc12. The highest BCUT2D eigenvalue weighted by Crippen LogP contribution is 2.60. The fraction of sp³-hybridized carbons (Fsp3) is 0.556.